The van der Waals surface area contributed by atoms with Crippen LogP contribution in [0.2, 0.25) is 0 Å². The second kappa shape index (κ2) is 15.0. The maximum Gasteiger partial charge on any atom is 0.319 e. The van der Waals surface area contributed by atoms with Gasteiger partial charge in [0.05, 0.1) is 13.2 Å². The van der Waals surface area contributed by atoms with E-state index >= 15 is 0 Å². The summed E-state index contributed by atoms with van der Waals surface area (Å²) in [6.07, 6.45) is -10.6. The molecule has 2 heterocycles. The number of unbranched alkanes of at least 4 members (excludes halogenated alkanes) is 3. The van der Waals surface area contributed by atoms with Gasteiger partial charge in [-0.15, -0.1) is 0 Å². The number of urea groups is 1. The van der Waals surface area contributed by atoms with E-state index in [0.29, 0.717) is 17.9 Å². The van der Waals surface area contributed by atoms with Crippen LogP contribution in [0.15, 0.2) is 24.3 Å². The highest BCUT2D eigenvalue weighted by Gasteiger charge is 2.50. The highest BCUT2D eigenvalue weighted by atomic mass is 16.7. The molecule has 0 aromatic heterocycles. The number of carbonyl (C=O) groups excluding carboxylic acids is 1. The third kappa shape index (κ3) is 8.20. The second-order valence-electron chi connectivity index (χ2n) is 9.72. The molecule has 2 amide bonds. The Bertz CT molecular complexity index is 875. The van der Waals surface area contributed by atoms with E-state index < -0.39 is 74.6 Å². The van der Waals surface area contributed by atoms with Crippen molar-refractivity contribution in [2.24, 2.45) is 0 Å². The summed E-state index contributed by atoms with van der Waals surface area (Å²) in [6, 6.07) is 6.21. The number of anilines is 2. The molecule has 0 unspecified atom stereocenters. The molecule has 2 aliphatic heterocycles. The Morgan fingerprint density at radius 2 is 1.49 bits per heavy atom. The average Bonchev–Trinajstić information content (AvgIpc) is 2.93. The molecule has 222 valence electrons. The minimum atomic E-state index is -1.74. The van der Waals surface area contributed by atoms with Crippen LogP contribution in [-0.4, -0.2) is 123 Å². The number of carbonyl (C=O) groups is 1. The first-order chi connectivity index (χ1) is 18.7. The minimum absolute atomic E-state index is 0.322. The van der Waals surface area contributed by atoms with Crippen molar-refractivity contribution < 1.29 is 54.8 Å². The fourth-order valence-corrected chi connectivity index (χ4v) is 4.45. The van der Waals surface area contributed by atoms with Gasteiger partial charge in [0.2, 0.25) is 0 Å². The van der Waals surface area contributed by atoms with Crippen LogP contribution in [0.3, 0.4) is 0 Å². The van der Waals surface area contributed by atoms with E-state index in [9.17, 15) is 40.5 Å². The van der Waals surface area contributed by atoms with E-state index in [0.717, 1.165) is 25.7 Å². The number of rotatable bonds is 12. The first-order valence-electron chi connectivity index (χ1n) is 13.2. The molecule has 3 rings (SSSR count). The van der Waals surface area contributed by atoms with Gasteiger partial charge < -0.3 is 65.9 Å². The van der Waals surface area contributed by atoms with Crippen LogP contribution in [0.4, 0.5) is 16.2 Å². The number of ether oxygens (including phenoxy) is 3. The summed E-state index contributed by atoms with van der Waals surface area (Å²) in [5.74, 6) is 0. The van der Waals surface area contributed by atoms with Crippen LogP contribution in [0.1, 0.15) is 32.6 Å². The smallest absolute Gasteiger partial charge is 0.319 e. The minimum Gasteiger partial charge on any atom is -0.394 e. The topological polar surface area (TPSA) is 222 Å². The zero-order valence-electron chi connectivity index (χ0n) is 21.8. The highest BCUT2D eigenvalue weighted by Crippen LogP contribution is 2.30. The Labute approximate surface area is 226 Å². The van der Waals surface area contributed by atoms with Gasteiger partial charge in [-0.2, -0.15) is 0 Å². The number of hydrogen-bond acceptors (Lipinski definition) is 12. The molecule has 0 aliphatic carbocycles. The molecule has 14 nitrogen and oxygen atoms in total. The summed E-state index contributed by atoms with van der Waals surface area (Å²) in [4.78, 5) is 12.0. The van der Waals surface area contributed by atoms with E-state index in [1.165, 1.54) is 0 Å². The molecule has 39 heavy (non-hydrogen) atoms. The molecule has 1 aromatic carbocycles. The lowest BCUT2D eigenvalue weighted by Gasteiger charge is -2.46. The molecule has 2 fully saturated rings. The maximum absolute atomic E-state index is 12.0. The SMILES string of the molecule is CCCCCCNC(=O)Nc1ccc(N[C@@H]2O[C@H](CO)[C@@H](O[C@@H]3O[C@H](CO)[C@H](O)[C@H](O)[C@H]3O)[C@H](O)[C@H]2O)cc1. The summed E-state index contributed by atoms with van der Waals surface area (Å²) < 4.78 is 16.6. The van der Waals surface area contributed by atoms with Gasteiger partial charge in [-0.05, 0) is 30.7 Å². The van der Waals surface area contributed by atoms with Crippen LogP contribution < -0.4 is 16.0 Å². The van der Waals surface area contributed by atoms with Crippen molar-refractivity contribution in [3.8, 4) is 0 Å². The summed E-state index contributed by atoms with van der Waals surface area (Å²) in [5.41, 5.74) is 1.03. The van der Waals surface area contributed by atoms with Crippen molar-refractivity contribution in [3.63, 3.8) is 0 Å². The van der Waals surface area contributed by atoms with Gasteiger partial charge in [-0.1, -0.05) is 26.2 Å². The number of amides is 2. The largest absolute Gasteiger partial charge is 0.394 e. The van der Waals surface area contributed by atoms with Crippen LogP contribution >= 0.6 is 0 Å². The number of aliphatic hydroxyl groups is 7. The maximum atomic E-state index is 12.0. The summed E-state index contributed by atoms with van der Waals surface area (Å²) in [7, 11) is 0. The van der Waals surface area contributed by atoms with Crippen LogP contribution in [0.25, 0.3) is 0 Å². The van der Waals surface area contributed by atoms with Crippen molar-refractivity contribution >= 4 is 17.4 Å². The fourth-order valence-electron chi connectivity index (χ4n) is 4.45. The zero-order chi connectivity index (χ0) is 28.5. The van der Waals surface area contributed by atoms with E-state index in [1.807, 2.05) is 0 Å². The van der Waals surface area contributed by atoms with Crippen LogP contribution in [0.5, 0.6) is 0 Å². The zero-order valence-corrected chi connectivity index (χ0v) is 21.8. The van der Waals surface area contributed by atoms with Crippen molar-refractivity contribution in [2.75, 3.05) is 30.4 Å². The van der Waals surface area contributed by atoms with Gasteiger partial charge in [0, 0.05) is 17.9 Å². The molecule has 14 heteroatoms. The normalized spacial score (nSPS) is 34.9. The lowest BCUT2D eigenvalue weighted by molar-refractivity contribution is -0.340. The van der Waals surface area contributed by atoms with Crippen molar-refractivity contribution in [1.29, 1.82) is 0 Å². The Hall–Kier alpha value is -2.11. The quantitative estimate of drug-likeness (QED) is 0.131. The van der Waals surface area contributed by atoms with Crippen molar-refractivity contribution in [1.82, 2.24) is 5.32 Å². The van der Waals surface area contributed by atoms with Gasteiger partial charge in [0.25, 0.3) is 0 Å². The monoisotopic (exact) mass is 559 g/mol. The molecule has 10 atom stereocenters. The molecule has 1 aromatic rings. The Balaban J connectivity index is 1.55. The standard InChI is InChI=1S/C25H41N3O11/c1-2-3-4-5-10-26-25(36)28-14-8-6-13(7-9-14)27-23-20(34)19(33)22(16(12-30)37-23)39-24-21(35)18(32)17(31)15(11-29)38-24/h6-9,15-24,27,29-35H,2-5,10-12H2,1H3,(H2,26,28,36)/t15-,16-,17+,18+,19-,20-,21-,22-,23-,24+/m1/s1. The van der Waals surface area contributed by atoms with Gasteiger partial charge in [-0.25, -0.2) is 4.79 Å². The Morgan fingerprint density at radius 3 is 2.13 bits per heavy atom. The summed E-state index contributed by atoms with van der Waals surface area (Å²) >= 11 is 0. The molecule has 0 saturated carbocycles. The van der Waals surface area contributed by atoms with Crippen molar-refractivity contribution in [2.45, 2.75) is 94.0 Å². The molecule has 2 aliphatic rings. The lowest BCUT2D eigenvalue weighted by atomic mass is 9.96. The fraction of sp³-hybridized carbons (Fsp3) is 0.720. The van der Waals surface area contributed by atoms with Gasteiger partial charge in [-0.3, -0.25) is 0 Å². The average molecular weight is 560 g/mol. The van der Waals surface area contributed by atoms with Gasteiger partial charge in [0.15, 0.2) is 12.5 Å². The van der Waals surface area contributed by atoms with E-state index in [4.69, 9.17) is 14.2 Å². The predicted octanol–water partition coefficient (Wildman–Crippen LogP) is -1.58. The third-order valence-corrected chi connectivity index (χ3v) is 6.77. The van der Waals surface area contributed by atoms with Crippen LogP contribution in [0, 0.1) is 0 Å². The number of aliphatic hydroxyl groups excluding tert-OH is 7. The second-order valence-corrected chi connectivity index (χ2v) is 9.72. The molecular weight excluding hydrogens is 518 g/mol. The predicted molar refractivity (Wildman–Crippen MR) is 138 cm³/mol. The first kappa shape index (κ1) is 31.4. The van der Waals surface area contributed by atoms with E-state index in [1.54, 1.807) is 24.3 Å². The Kier molecular flexibility index (Phi) is 12.1. The van der Waals surface area contributed by atoms with Gasteiger partial charge >= 0.3 is 6.03 Å². The molecular formula is C25H41N3O11. The molecule has 0 spiro atoms. The highest BCUT2D eigenvalue weighted by molar-refractivity contribution is 5.89. The lowest BCUT2D eigenvalue weighted by Crippen LogP contribution is -2.65. The van der Waals surface area contributed by atoms with E-state index in [-0.39, 0.29) is 6.03 Å². The molecule has 2 saturated heterocycles. The Morgan fingerprint density at radius 1 is 0.821 bits per heavy atom. The summed E-state index contributed by atoms with van der Waals surface area (Å²) in [5, 5.41) is 79.2. The molecule has 10 N–H and O–H groups in total. The van der Waals surface area contributed by atoms with Crippen molar-refractivity contribution in [3.05, 3.63) is 24.3 Å². The number of nitrogens with one attached hydrogen (secondary N) is 3. The van der Waals surface area contributed by atoms with Gasteiger partial charge in [0.1, 0.15) is 48.8 Å². The molecule has 0 bridgehead atoms. The number of benzene rings is 1. The van der Waals surface area contributed by atoms with E-state index in [2.05, 4.69) is 22.9 Å². The summed E-state index contributed by atoms with van der Waals surface area (Å²) in [6.45, 7) is 1.38. The van der Waals surface area contributed by atoms with Crippen LogP contribution in [-0.2, 0) is 14.2 Å². The number of hydrogen-bond donors (Lipinski definition) is 10. The third-order valence-electron chi connectivity index (χ3n) is 6.77. The first-order valence-corrected chi connectivity index (χ1v) is 13.2. The molecule has 0 radical (unpaired) electrons.